The molecule has 1 aliphatic rings. The van der Waals surface area contributed by atoms with E-state index in [0.717, 1.165) is 32.6 Å². The summed E-state index contributed by atoms with van der Waals surface area (Å²) >= 11 is 0. The molecule has 0 aromatic rings. The molecule has 0 aliphatic carbocycles. The molecule has 1 aliphatic heterocycles. The lowest BCUT2D eigenvalue weighted by atomic mass is 10.1. The first-order valence-corrected chi connectivity index (χ1v) is 4.43. The van der Waals surface area contributed by atoms with E-state index in [1.165, 1.54) is 0 Å². The maximum Gasteiger partial charge on any atom is 0.0446 e. The van der Waals surface area contributed by atoms with Crippen LogP contribution in [0.25, 0.3) is 0 Å². The summed E-state index contributed by atoms with van der Waals surface area (Å²) in [4.78, 5) is 2.41. The fourth-order valence-electron chi connectivity index (χ4n) is 1.53. The van der Waals surface area contributed by atoms with E-state index in [2.05, 4.69) is 17.1 Å². The fraction of sp³-hybridized carbons (Fsp3) is 1.00. The van der Waals surface area contributed by atoms with Crippen molar-refractivity contribution >= 4 is 0 Å². The van der Waals surface area contributed by atoms with E-state index in [1.807, 2.05) is 0 Å². The lowest BCUT2D eigenvalue weighted by Gasteiger charge is -2.32. The third-order valence-corrected chi connectivity index (χ3v) is 2.26. The van der Waals surface area contributed by atoms with E-state index in [-0.39, 0.29) is 0 Å². The molecule has 1 saturated heterocycles. The molecule has 3 nitrogen and oxygen atoms in total. The maximum atomic E-state index is 8.72. The van der Waals surface area contributed by atoms with Gasteiger partial charge < -0.3 is 15.3 Å². The van der Waals surface area contributed by atoms with Gasteiger partial charge in [-0.3, -0.25) is 0 Å². The van der Waals surface area contributed by atoms with Gasteiger partial charge >= 0.3 is 0 Å². The van der Waals surface area contributed by atoms with Crippen LogP contribution in [0.3, 0.4) is 0 Å². The molecule has 1 rings (SSSR count). The molecule has 1 atom stereocenters. The quantitative estimate of drug-likeness (QED) is 0.590. The Morgan fingerprint density at radius 2 is 2.45 bits per heavy atom. The van der Waals surface area contributed by atoms with Crippen LogP contribution >= 0.6 is 0 Å². The van der Waals surface area contributed by atoms with Crippen molar-refractivity contribution in [1.29, 1.82) is 0 Å². The van der Waals surface area contributed by atoms with Gasteiger partial charge in [-0.1, -0.05) is 6.92 Å². The summed E-state index contributed by atoms with van der Waals surface area (Å²) in [6.07, 6.45) is 0.885. The molecule has 0 radical (unpaired) electrons. The Kier molecular flexibility index (Phi) is 3.83. The van der Waals surface area contributed by atoms with Crippen LogP contribution in [0.15, 0.2) is 0 Å². The number of nitrogens with one attached hydrogen (secondary N) is 1. The van der Waals surface area contributed by atoms with Gasteiger partial charge in [0.25, 0.3) is 0 Å². The summed E-state index contributed by atoms with van der Waals surface area (Å²) in [5.74, 6) is 0. The summed E-state index contributed by atoms with van der Waals surface area (Å²) in [6.45, 7) is 6.92. The lowest BCUT2D eigenvalue weighted by Crippen LogP contribution is -2.50. The van der Waals surface area contributed by atoms with Crippen molar-refractivity contribution < 1.29 is 5.11 Å². The van der Waals surface area contributed by atoms with Gasteiger partial charge in [0.1, 0.15) is 0 Å². The largest absolute Gasteiger partial charge is 0.396 e. The average molecular weight is 158 g/mol. The minimum atomic E-state index is 0.301. The lowest BCUT2D eigenvalue weighted by molar-refractivity contribution is 0.179. The van der Waals surface area contributed by atoms with Crippen molar-refractivity contribution in [3.8, 4) is 0 Å². The van der Waals surface area contributed by atoms with Crippen molar-refractivity contribution in [3.05, 3.63) is 0 Å². The van der Waals surface area contributed by atoms with Gasteiger partial charge in [0.15, 0.2) is 0 Å². The first-order chi connectivity index (χ1) is 5.36. The van der Waals surface area contributed by atoms with Crippen molar-refractivity contribution in [1.82, 2.24) is 10.2 Å². The SMILES string of the molecule is CCN1CCN[C@H](CCO)C1. The molecular weight excluding hydrogens is 140 g/mol. The second-order valence-corrected chi connectivity index (χ2v) is 3.06. The minimum Gasteiger partial charge on any atom is -0.396 e. The highest BCUT2D eigenvalue weighted by Crippen LogP contribution is 2.00. The van der Waals surface area contributed by atoms with E-state index in [1.54, 1.807) is 0 Å². The molecule has 1 heterocycles. The van der Waals surface area contributed by atoms with Gasteiger partial charge in [-0.15, -0.1) is 0 Å². The average Bonchev–Trinajstić information content (AvgIpc) is 2.06. The van der Waals surface area contributed by atoms with Crippen LogP contribution in [0, 0.1) is 0 Å². The zero-order valence-corrected chi connectivity index (χ0v) is 7.21. The van der Waals surface area contributed by atoms with Crippen LogP contribution in [-0.4, -0.2) is 48.8 Å². The molecule has 0 bridgehead atoms. The Bertz CT molecular complexity index is 106. The second kappa shape index (κ2) is 4.70. The highest BCUT2D eigenvalue weighted by molar-refractivity contribution is 4.77. The van der Waals surface area contributed by atoms with Gasteiger partial charge in [0.2, 0.25) is 0 Å². The minimum absolute atomic E-state index is 0.301. The Hall–Kier alpha value is -0.120. The van der Waals surface area contributed by atoms with E-state index in [4.69, 9.17) is 5.11 Å². The molecule has 0 aromatic carbocycles. The monoisotopic (exact) mass is 158 g/mol. The predicted molar refractivity (Wildman–Crippen MR) is 45.6 cm³/mol. The van der Waals surface area contributed by atoms with Crippen LogP contribution in [0.1, 0.15) is 13.3 Å². The molecule has 1 fully saturated rings. The third kappa shape index (κ3) is 2.77. The molecule has 0 saturated carbocycles. The van der Waals surface area contributed by atoms with Crippen LogP contribution in [0.5, 0.6) is 0 Å². The summed E-state index contributed by atoms with van der Waals surface area (Å²) < 4.78 is 0. The van der Waals surface area contributed by atoms with Crippen LogP contribution in [0.4, 0.5) is 0 Å². The zero-order valence-electron chi connectivity index (χ0n) is 7.21. The fourth-order valence-corrected chi connectivity index (χ4v) is 1.53. The molecule has 3 heteroatoms. The van der Waals surface area contributed by atoms with E-state index < -0.39 is 0 Å². The molecule has 0 aromatic heterocycles. The summed E-state index contributed by atoms with van der Waals surface area (Å²) in [5, 5.41) is 12.1. The molecule has 11 heavy (non-hydrogen) atoms. The van der Waals surface area contributed by atoms with Gasteiger partial charge in [0, 0.05) is 32.3 Å². The summed E-state index contributed by atoms with van der Waals surface area (Å²) in [7, 11) is 0. The van der Waals surface area contributed by atoms with E-state index in [0.29, 0.717) is 12.6 Å². The number of likely N-dealkylation sites (N-methyl/N-ethyl adjacent to an activating group) is 1. The van der Waals surface area contributed by atoms with Gasteiger partial charge in [-0.2, -0.15) is 0 Å². The molecule has 0 unspecified atom stereocenters. The maximum absolute atomic E-state index is 8.72. The number of nitrogens with zero attached hydrogens (tertiary/aromatic N) is 1. The highest BCUT2D eigenvalue weighted by Gasteiger charge is 2.16. The van der Waals surface area contributed by atoms with Crippen molar-refractivity contribution in [2.24, 2.45) is 0 Å². The Balaban J connectivity index is 2.21. The Labute approximate surface area is 68.4 Å². The van der Waals surface area contributed by atoms with E-state index >= 15 is 0 Å². The third-order valence-electron chi connectivity index (χ3n) is 2.26. The molecule has 0 spiro atoms. The zero-order chi connectivity index (χ0) is 8.10. The molecule has 0 amide bonds. The smallest absolute Gasteiger partial charge is 0.0446 e. The molecule has 2 N–H and O–H groups in total. The second-order valence-electron chi connectivity index (χ2n) is 3.06. The molecular formula is C8H18N2O. The highest BCUT2D eigenvalue weighted by atomic mass is 16.3. The molecule has 66 valence electrons. The van der Waals surface area contributed by atoms with Crippen LogP contribution in [-0.2, 0) is 0 Å². The Morgan fingerprint density at radius 1 is 1.64 bits per heavy atom. The van der Waals surface area contributed by atoms with Crippen molar-refractivity contribution in [2.45, 2.75) is 19.4 Å². The van der Waals surface area contributed by atoms with Crippen LogP contribution in [0.2, 0.25) is 0 Å². The standard InChI is InChI=1S/C8H18N2O/c1-2-10-5-4-9-8(7-10)3-6-11/h8-9,11H,2-7H2,1H3/t8-/m1/s1. The number of hydrogen-bond donors (Lipinski definition) is 2. The van der Waals surface area contributed by atoms with Crippen molar-refractivity contribution in [2.75, 3.05) is 32.8 Å². The predicted octanol–water partition coefficient (Wildman–Crippen LogP) is -0.337. The van der Waals surface area contributed by atoms with Crippen molar-refractivity contribution in [3.63, 3.8) is 0 Å². The first-order valence-electron chi connectivity index (χ1n) is 4.43. The van der Waals surface area contributed by atoms with Crippen LogP contribution < -0.4 is 5.32 Å². The summed E-state index contributed by atoms with van der Waals surface area (Å²) in [6, 6.07) is 0.508. The van der Waals surface area contributed by atoms with E-state index in [9.17, 15) is 0 Å². The summed E-state index contributed by atoms with van der Waals surface area (Å²) in [5.41, 5.74) is 0. The topological polar surface area (TPSA) is 35.5 Å². The number of aliphatic hydroxyl groups is 1. The van der Waals surface area contributed by atoms with Gasteiger partial charge in [-0.25, -0.2) is 0 Å². The Morgan fingerprint density at radius 3 is 3.09 bits per heavy atom. The number of aliphatic hydroxyl groups excluding tert-OH is 1. The van der Waals surface area contributed by atoms with Gasteiger partial charge in [-0.05, 0) is 13.0 Å². The first kappa shape index (κ1) is 8.97. The number of piperazine rings is 1. The number of rotatable bonds is 3. The van der Waals surface area contributed by atoms with Gasteiger partial charge in [0.05, 0.1) is 0 Å². The normalized spacial score (nSPS) is 27.3. The number of hydrogen-bond acceptors (Lipinski definition) is 3.